The average molecular weight is 418 g/mol. The smallest absolute Gasteiger partial charge is 0.130 e. The molecular formula is C24H31N7. The lowest BCUT2D eigenvalue weighted by Crippen LogP contribution is -2.09. The van der Waals surface area contributed by atoms with Gasteiger partial charge >= 0.3 is 0 Å². The Kier molecular flexibility index (Phi) is 10.0. The summed E-state index contributed by atoms with van der Waals surface area (Å²) >= 11 is 0. The second-order valence-corrected chi connectivity index (χ2v) is 6.84. The Morgan fingerprint density at radius 1 is 1.23 bits per heavy atom. The fraction of sp³-hybridized carbons (Fsp3) is 0.417. The predicted octanol–water partition coefficient (Wildman–Crippen LogP) is 4.93. The van der Waals surface area contributed by atoms with Gasteiger partial charge in [0.1, 0.15) is 12.2 Å². The second-order valence-electron chi connectivity index (χ2n) is 6.84. The van der Waals surface area contributed by atoms with Crippen LogP contribution >= 0.6 is 0 Å². The van der Waals surface area contributed by atoms with Crippen LogP contribution < -0.4 is 0 Å². The van der Waals surface area contributed by atoms with Gasteiger partial charge in [-0.3, -0.25) is 9.98 Å². The minimum Gasteiger partial charge on any atom is -0.327 e. The lowest BCUT2D eigenvalue weighted by Gasteiger charge is -2.12. The molecule has 0 aromatic carbocycles. The van der Waals surface area contributed by atoms with Gasteiger partial charge in [-0.05, 0) is 13.3 Å². The molecule has 0 fully saturated rings. The standard InChI is InChI=1S/C22H25N7.C2H6/c1-3-6-19-20(27-13-18-12-25-16-28-22(18)19)15-29-10-9-26-21(29)14-24-8-5-4-7-17(2)11-23;1-2/h4,7-10,12-13,16-17H,3,5-6,14-15H2,1-2H3;1-2H3/b7-4-,24-8?;. The van der Waals surface area contributed by atoms with E-state index in [-0.39, 0.29) is 5.92 Å². The second kappa shape index (κ2) is 13.0. The van der Waals surface area contributed by atoms with E-state index >= 15 is 0 Å². The van der Waals surface area contributed by atoms with Crippen molar-refractivity contribution >= 4 is 17.1 Å². The monoisotopic (exact) mass is 417 g/mol. The molecule has 1 atom stereocenters. The largest absolute Gasteiger partial charge is 0.327 e. The fourth-order valence-electron chi connectivity index (χ4n) is 3.10. The van der Waals surface area contributed by atoms with E-state index in [1.54, 1.807) is 18.7 Å². The average Bonchev–Trinajstić information content (AvgIpc) is 3.25. The number of nitrogens with zero attached hydrogens (tertiary/aromatic N) is 7. The molecule has 3 heterocycles. The number of allylic oxidation sites excluding steroid dienone is 2. The molecule has 0 spiro atoms. The summed E-state index contributed by atoms with van der Waals surface area (Å²) in [5.41, 5.74) is 3.16. The number of hydrogen-bond acceptors (Lipinski definition) is 6. The maximum atomic E-state index is 8.77. The van der Waals surface area contributed by atoms with Gasteiger partial charge in [-0.1, -0.05) is 39.3 Å². The van der Waals surface area contributed by atoms with Crippen LogP contribution in [0.3, 0.4) is 0 Å². The first-order valence-electron chi connectivity index (χ1n) is 10.8. The highest BCUT2D eigenvalue weighted by atomic mass is 15.1. The van der Waals surface area contributed by atoms with Crippen LogP contribution in [0, 0.1) is 17.2 Å². The molecule has 162 valence electrons. The molecule has 0 aliphatic carbocycles. The molecule has 3 aromatic heterocycles. The van der Waals surface area contributed by atoms with E-state index in [2.05, 4.69) is 42.5 Å². The molecule has 0 saturated carbocycles. The number of aliphatic imine (C=N–C) groups is 1. The highest BCUT2D eigenvalue weighted by Crippen LogP contribution is 2.20. The lowest BCUT2D eigenvalue weighted by molar-refractivity contribution is 0.701. The first kappa shape index (κ1) is 23.9. The number of fused-ring (bicyclic) bond motifs is 1. The third kappa shape index (κ3) is 6.82. The Bertz CT molecular complexity index is 1040. The van der Waals surface area contributed by atoms with Gasteiger partial charge < -0.3 is 4.57 Å². The third-order valence-electron chi connectivity index (χ3n) is 4.59. The summed E-state index contributed by atoms with van der Waals surface area (Å²) in [5, 5.41) is 9.73. The molecule has 0 radical (unpaired) electrons. The molecule has 0 bridgehead atoms. The van der Waals surface area contributed by atoms with Crippen molar-refractivity contribution in [3.63, 3.8) is 0 Å². The van der Waals surface area contributed by atoms with Crippen molar-refractivity contribution in [3.8, 4) is 6.07 Å². The quantitative estimate of drug-likeness (QED) is 0.364. The molecule has 1 unspecified atom stereocenters. The molecule has 31 heavy (non-hydrogen) atoms. The number of rotatable bonds is 9. The van der Waals surface area contributed by atoms with Crippen molar-refractivity contribution in [3.05, 3.63) is 60.3 Å². The van der Waals surface area contributed by atoms with E-state index in [1.165, 1.54) is 5.56 Å². The van der Waals surface area contributed by atoms with E-state index in [0.717, 1.165) is 35.3 Å². The molecule has 3 aromatic rings. The number of hydrogen-bond donors (Lipinski definition) is 0. The summed E-state index contributed by atoms with van der Waals surface area (Å²) in [5.74, 6) is 0.821. The van der Waals surface area contributed by atoms with Crippen LogP contribution in [-0.2, 0) is 19.5 Å². The van der Waals surface area contributed by atoms with Crippen LogP contribution in [0.1, 0.15) is 57.6 Å². The molecule has 0 saturated heterocycles. The number of imidazole rings is 1. The van der Waals surface area contributed by atoms with Crippen molar-refractivity contribution in [2.45, 2.75) is 60.0 Å². The number of nitriles is 1. The molecular weight excluding hydrogens is 386 g/mol. The van der Waals surface area contributed by atoms with Gasteiger partial charge in [0.25, 0.3) is 0 Å². The Hall–Kier alpha value is -3.40. The molecule has 7 nitrogen and oxygen atoms in total. The van der Waals surface area contributed by atoms with E-state index < -0.39 is 0 Å². The summed E-state index contributed by atoms with van der Waals surface area (Å²) < 4.78 is 2.08. The van der Waals surface area contributed by atoms with Crippen molar-refractivity contribution in [2.24, 2.45) is 10.9 Å². The normalized spacial score (nSPS) is 12.1. The van der Waals surface area contributed by atoms with Gasteiger partial charge in [-0.25, -0.2) is 15.0 Å². The minimum atomic E-state index is -0.0701. The van der Waals surface area contributed by atoms with Crippen molar-refractivity contribution in [1.82, 2.24) is 24.5 Å². The zero-order valence-corrected chi connectivity index (χ0v) is 18.9. The first-order valence-corrected chi connectivity index (χ1v) is 10.8. The van der Waals surface area contributed by atoms with Gasteiger partial charge in [0, 0.05) is 48.4 Å². The fourth-order valence-corrected chi connectivity index (χ4v) is 3.10. The maximum Gasteiger partial charge on any atom is 0.130 e. The lowest BCUT2D eigenvalue weighted by atomic mass is 10.1. The van der Waals surface area contributed by atoms with Gasteiger partial charge in [0.15, 0.2) is 0 Å². The summed E-state index contributed by atoms with van der Waals surface area (Å²) in [6.07, 6.45) is 17.3. The van der Waals surface area contributed by atoms with Crippen LogP contribution in [-0.4, -0.2) is 30.7 Å². The van der Waals surface area contributed by atoms with Crippen LogP contribution in [0.5, 0.6) is 0 Å². The summed E-state index contributed by atoms with van der Waals surface area (Å²) in [4.78, 5) is 22.2. The van der Waals surface area contributed by atoms with Crippen molar-refractivity contribution in [1.29, 1.82) is 5.26 Å². The predicted molar refractivity (Wildman–Crippen MR) is 125 cm³/mol. The Morgan fingerprint density at radius 2 is 2.06 bits per heavy atom. The SMILES string of the molecule is CC.CCCc1c(Cn2ccnc2CN=CC/C=C\C(C)C#N)ncc2cncnc12. The Balaban J connectivity index is 0.00000166. The molecule has 7 heteroatoms. The highest BCUT2D eigenvalue weighted by Gasteiger charge is 2.12. The Labute approximate surface area is 184 Å². The topological polar surface area (TPSA) is 92.6 Å². The van der Waals surface area contributed by atoms with Gasteiger partial charge in [0.2, 0.25) is 0 Å². The molecule has 0 aliphatic heterocycles. The molecule has 0 aliphatic rings. The zero-order valence-electron chi connectivity index (χ0n) is 18.9. The zero-order chi connectivity index (χ0) is 22.5. The molecule has 0 N–H and O–H groups in total. The van der Waals surface area contributed by atoms with Crippen LogP contribution in [0.2, 0.25) is 0 Å². The van der Waals surface area contributed by atoms with Crippen LogP contribution in [0.15, 0.2) is 48.3 Å². The Morgan fingerprint density at radius 3 is 2.84 bits per heavy atom. The van der Waals surface area contributed by atoms with E-state index in [1.807, 2.05) is 51.5 Å². The minimum absolute atomic E-state index is 0.0701. The van der Waals surface area contributed by atoms with E-state index in [0.29, 0.717) is 19.5 Å². The van der Waals surface area contributed by atoms with E-state index in [4.69, 9.17) is 5.26 Å². The van der Waals surface area contributed by atoms with E-state index in [9.17, 15) is 0 Å². The van der Waals surface area contributed by atoms with Gasteiger partial charge in [0.05, 0.1) is 36.3 Å². The summed E-state index contributed by atoms with van der Waals surface area (Å²) in [6, 6.07) is 2.17. The molecule has 0 amide bonds. The number of pyridine rings is 1. The van der Waals surface area contributed by atoms with Crippen LogP contribution in [0.4, 0.5) is 0 Å². The first-order chi connectivity index (χ1) is 15.2. The van der Waals surface area contributed by atoms with Gasteiger partial charge in [-0.15, -0.1) is 0 Å². The third-order valence-corrected chi connectivity index (χ3v) is 4.59. The number of aryl methyl sites for hydroxylation is 1. The maximum absolute atomic E-state index is 8.77. The van der Waals surface area contributed by atoms with Crippen molar-refractivity contribution < 1.29 is 0 Å². The summed E-state index contributed by atoms with van der Waals surface area (Å²) in [7, 11) is 0. The van der Waals surface area contributed by atoms with Gasteiger partial charge in [-0.2, -0.15) is 5.26 Å². The highest BCUT2D eigenvalue weighted by molar-refractivity contribution is 5.80. The summed E-state index contributed by atoms with van der Waals surface area (Å²) in [6.45, 7) is 9.17. The number of aromatic nitrogens is 5. The molecule has 3 rings (SSSR count). The van der Waals surface area contributed by atoms with Crippen LogP contribution in [0.25, 0.3) is 10.9 Å². The van der Waals surface area contributed by atoms with Crippen molar-refractivity contribution in [2.75, 3.05) is 0 Å².